The molecule has 124 valence electrons. The minimum Gasteiger partial charge on any atom is -0.0622 e. The van der Waals surface area contributed by atoms with Gasteiger partial charge in [0.15, 0.2) is 0 Å². The molecule has 0 amide bonds. The quantitative estimate of drug-likeness (QED) is 0.443. The van der Waals surface area contributed by atoms with Gasteiger partial charge in [-0.15, -0.1) is 0 Å². The van der Waals surface area contributed by atoms with Crippen LogP contribution in [0.15, 0.2) is 59.1 Å². The summed E-state index contributed by atoms with van der Waals surface area (Å²) in [5, 5.41) is 2.78. The van der Waals surface area contributed by atoms with Crippen molar-refractivity contribution in [3.05, 3.63) is 123 Å². The van der Waals surface area contributed by atoms with Gasteiger partial charge in [-0.1, -0.05) is 58.4 Å². The minimum absolute atomic E-state index is 0. The summed E-state index contributed by atoms with van der Waals surface area (Å²) in [6, 6.07) is 19.4. The molecule has 0 spiro atoms. The molecule has 0 heterocycles. The Morgan fingerprint density at radius 2 is 1.04 bits per heavy atom. The van der Waals surface area contributed by atoms with Crippen molar-refractivity contribution in [2.75, 3.05) is 0 Å². The Balaban J connectivity index is 0.000000325. The van der Waals surface area contributed by atoms with E-state index in [9.17, 15) is 0 Å². The molecule has 0 N–H and O–H groups in total. The molecule has 1 unspecified atom stereocenters. The van der Waals surface area contributed by atoms with Crippen LogP contribution in [0.1, 0.15) is 0 Å². The molecular weight excluding hydrogens is 431 g/mol. The Morgan fingerprint density at radius 3 is 1.56 bits per heavy atom. The van der Waals surface area contributed by atoms with E-state index < -0.39 is 7.92 Å². The summed E-state index contributed by atoms with van der Waals surface area (Å²) in [6.45, 7) is 0. The van der Waals surface area contributed by atoms with E-state index in [1.807, 2.05) is 32.1 Å². The number of halogens is 1. The zero-order valence-corrected chi connectivity index (χ0v) is 17.2. The maximum Gasteiger partial charge on any atom is 2.00 e. The molecule has 0 bridgehead atoms. The van der Waals surface area contributed by atoms with Crippen molar-refractivity contribution in [2.24, 2.45) is 0 Å². The van der Waals surface area contributed by atoms with Gasteiger partial charge in [0.1, 0.15) is 0 Å². The smallest absolute Gasteiger partial charge is 0.0622 e. The predicted molar refractivity (Wildman–Crippen MR) is 109 cm³/mol. The van der Waals surface area contributed by atoms with E-state index in [1.54, 1.807) is 0 Å². The normalized spacial score (nSPS) is 18.1. The van der Waals surface area contributed by atoms with Gasteiger partial charge in [-0.25, -0.2) is 0 Å². The molecule has 0 nitrogen and oxygen atoms in total. The summed E-state index contributed by atoms with van der Waals surface area (Å²) in [4.78, 5) is 0. The third-order valence-corrected chi connectivity index (χ3v) is 6.53. The summed E-state index contributed by atoms with van der Waals surface area (Å²) < 4.78 is 1.13. The largest absolute Gasteiger partial charge is 2.00 e. The number of hydrogen-bond acceptors (Lipinski definition) is 0. The first-order chi connectivity index (χ1) is 11.8. The summed E-state index contributed by atoms with van der Waals surface area (Å²) in [7, 11) is -0.442. The summed E-state index contributed by atoms with van der Waals surface area (Å²) in [5.41, 5.74) is 1.41. The average Bonchev–Trinajstić information content (AvgIpc) is 3.34. The van der Waals surface area contributed by atoms with Crippen molar-refractivity contribution in [2.45, 2.75) is 0 Å². The van der Waals surface area contributed by atoms with Gasteiger partial charge < -0.3 is 0 Å². The third kappa shape index (κ3) is 6.51. The van der Waals surface area contributed by atoms with Crippen LogP contribution in [0.4, 0.5) is 0 Å². The second-order valence-corrected chi connectivity index (χ2v) is 8.39. The van der Waals surface area contributed by atoms with Crippen molar-refractivity contribution in [1.82, 2.24) is 0 Å². The molecule has 3 heteroatoms. The van der Waals surface area contributed by atoms with Crippen molar-refractivity contribution in [1.29, 1.82) is 0 Å². The molecule has 10 radical (unpaired) electrons. The van der Waals surface area contributed by atoms with Crippen LogP contribution in [-0.4, -0.2) is 0 Å². The van der Waals surface area contributed by atoms with Gasteiger partial charge in [0, 0.05) is 10.1 Å². The molecule has 4 rings (SSSR count). The summed E-state index contributed by atoms with van der Waals surface area (Å²) in [5.74, 6) is 0. The molecule has 2 aliphatic rings. The predicted octanol–water partition coefficient (Wildman–Crippen LogP) is 5.26. The van der Waals surface area contributed by atoms with E-state index in [0.717, 1.165) is 4.47 Å². The van der Waals surface area contributed by atoms with Crippen LogP contribution in [0, 0.1) is 63.4 Å². The molecule has 2 fully saturated rings. The monoisotopic (exact) mass is 448 g/mol. The Bertz CT molecular complexity index is 582. The maximum atomic E-state index is 3.51. The molecule has 2 aromatic rings. The van der Waals surface area contributed by atoms with E-state index in [0.29, 0.717) is 0 Å². The van der Waals surface area contributed by atoms with E-state index in [1.165, 1.54) is 16.3 Å². The number of benzene rings is 2. The molecule has 0 aromatic heterocycles. The SMILES string of the molecule is Brc1ccc(P([C]2[CH][CH][CH][CH]2)c2ccccc2)cc1.[CH]1[CH][CH][CH][CH]1.[Fe+2]. The van der Waals surface area contributed by atoms with Crippen LogP contribution >= 0.6 is 23.9 Å². The van der Waals surface area contributed by atoms with Crippen LogP contribution in [-0.2, 0) is 17.1 Å². The van der Waals surface area contributed by atoms with Crippen LogP contribution in [0.5, 0.6) is 0 Å². The fourth-order valence-corrected chi connectivity index (χ4v) is 4.99. The van der Waals surface area contributed by atoms with E-state index in [4.69, 9.17) is 0 Å². The second kappa shape index (κ2) is 11.6. The molecule has 25 heavy (non-hydrogen) atoms. The van der Waals surface area contributed by atoms with Crippen LogP contribution < -0.4 is 10.6 Å². The average molecular weight is 449 g/mol. The summed E-state index contributed by atoms with van der Waals surface area (Å²) >= 11 is 3.51. The fraction of sp³-hybridized carbons (Fsp3) is 0. The Hall–Kier alpha value is -0.131. The Morgan fingerprint density at radius 1 is 0.560 bits per heavy atom. The van der Waals surface area contributed by atoms with Crippen molar-refractivity contribution in [3.8, 4) is 0 Å². The van der Waals surface area contributed by atoms with Gasteiger partial charge in [0.25, 0.3) is 0 Å². The first kappa shape index (κ1) is 21.2. The zero-order valence-electron chi connectivity index (χ0n) is 13.6. The maximum absolute atomic E-state index is 3.51. The van der Waals surface area contributed by atoms with Gasteiger partial charge in [0.05, 0.1) is 0 Å². The Labute approximate surface area is 173 Å². The van der Waals surface area contributed by atoms with Gasteiger partial charge in [-0.05, 0) is 88.5 Å². The molecule has 2 aromatic carbocycles. The number of hydrogen-bond donors (Lipinski definition) is 0. The van der Waals surface area contributed by atoms with E-state index >= 15 is 0 Å². The zero-order chi connectivity index (χ0) is 16.6. The van der Waals surface area contributed by atoms with Crippen LogP contribution in [0.3, 0.4) is 0 Å². The topological polar surface area (TPSA) is 0 Å². The first-order valence-electron chi connectivity index (χ1n) is 7.84. The molecule has 0 aliphatic heterocycles. The van der Waals surface area contributed by atoms with E-state index in [-0.39, 0.29) is 17.1 Å². The van der Waals surface area contributed by atoms with E-state index in [2.05, 4.69) is 96.2 Å². The van der Waals surface area contributed by atoms with Crippen molar-refractivity contribution in [3.63, 3.8) is 0 Å². The Kier molecular flexibility index (Phi) is 9.79. The van der Waals surface area contributed by atoms with Crippen molar-refractivity contribution < 1.29 is 17.1 Å². The van der Waals surface area contributed by atoms with Gasteiger partial charge >= 0.3 is 17.1 Å². The summed E-state index contributed by atoms with van der Waals surface area (Å²) in [6.07, 6.45) is 18.7. The molecule has 2 saturated carbocycles. The third-order valence-electron chi connectivity index (χ3n) is 3.56. The molecule has 0 saturated heterocycles. The minimum atomic E-state index is -0.442. The first-order valence-corrected chi connectivity index (χ1v) is 9.97. The molecule has 2 aliphatic carbocycles. The van der Waals surface area contributed by atoms with Crippen LogP contribution in [0.2, 0.25) is 0 Å². The molecular formula is C22H18BrFeP+2. The standard InChI is InChI=1S/C17H13BrP.C5H5.Fe/c18-14-10-12-17(13-11-14)19(16-8-4-5-9-16)15-6-2-1-3-7-15;1-2-4-5-3-1;/h1-13H;1-5H;/q;;+2. The van der Waals surface area contributed by atoms with Gasteiger partial charge in [-0.3, -0.25) is 0 Å². The van der Waals surface area contributed by atoms with Crippen molar-refractivity contribution >= 4 is 34.5 Å². The van der Waals surface area contributed by atoms with Gasteiger partial charge in [0.2, 0.25) is 0 Å². The molecule has 1 atom stereocenters. The van der Waals surface area contributed by atoms with Crippen LogP contribution in [0.25, 0.3) is 0 Å². The van der Waals surface area contributed by atoms with Gasteiger partial charge in [-0.2, -0.15) is 0 Å². The second-order valence-electron chi connectivity index (χ2n) is 5.25. The fourth-order valence-electron chi connectivity index (χ4n) is 2.45. The number of rotatable bonds is 3.